The van der Waals surface area contributed by atoms with E-state index in [0.29, 0.717) is 36.1 Å². The van der Waals surface area contributed by atoms with Crippen molar-refractivity contribution in [2.45, 2.75) is 46.8 Å². The van der Waals surface area contributed by atoms with Crippen LogP contribution in [0.25, 0.3) is 0 Å². The molecule has 0 aromatic carbocycles. The maximum Gasteiger partial charge on any atom is 0.222 e. The summed E-state index contributed by atoms with van der Waals surface area (Å²) in [7, 11) is 0. The Hall–Kier alpha value is -1.53. The van der Waals surface area contributed by atoms with Crippen LogP contribution >= 0.6 is 23.2 Å². The summed E-state index contributed by atoms with van der Waals surface area (Å²) in [6, 6.07) is 0. The molecule has 0 aliphatic carbocycles. The highest BCUT2D eigenvalue weighted by atomic mass is 35.5. The van der Waals surface area contributed by atoms with E-state index in [1.807, 2.05) is 20.8 Å². The van der Waals surface area contributed by atoms with Crippen molar-refractivity contribution in [2.75, 3.05) is 0 Å². The Kier molecular flexibility index (Phi) is 5.47. The van der Waals surface area contributed by atoms with Gasteiger partial charge in [0.15, 0.2) is 0 Å². The van der Waals surface area contributed by atoms with E-state index in [-0.39, 0.29) is 5.91 Å². The molecule has 0 aliphatic heterocycles. The molecule has 0 unspecified atom stereocenters. The van der Waals surface area contributed by atoms with Crippen molar-refractivity contribution in [1.29, 1.82) is 0 Å². The Morgan fingerprint density at radius 2 is 2.05 bits per heavy atom. The van der Waals surface area contributed by atoms with E-state index < -0.39 is 0 Å². The summed E-state index contributed by atoms with van der Waals surface area (Å²) < 4.78 is 3.52. The van der Waals surface area contributed by atoms with Crippen LogP contribution in [-0.2, 0) is 24.4 Å². The highest BCUT2D eigenvalue weighted by Gasteiger charge is 2.12. The Labute approximate surface area is 139 Å². The van der Waals surface area contributed by atoms with Gasteiger partial charge in [0.2, 0.25) is 5.91 Å². The first-order valence-corrected chi connectivity index (χ1v) is 7.86. The van der Waals surface area contributed by atoms with E-state index in [1.54, 1.807) is 15.6 Å². The standard InChI is InChI=1S/C14H19Cl2N5O/c1-4-20-12(11(15)7-18-20)8-17-13(22)5-6-21-10(3)14(16)9(2)19-21/h7H,4-6,8H2,1-3H3,(H,17,22). The summed E-state index contributed by atoms with van der Waals surface area (Å²) in [5, 5.41) is 12.5. The fourth-order valence-corrected chi connectivity index (χ4v) is 2.55. The lowest BCUT2D eigenvalue weighted by Crippen LogP contribution is -2.25. The van der Waals surface area contributed by atoms with Gasteiger partial charge in [0.25, 0.3) is 0 Å². The maximum atomic E-state index is 12.0. The van der Waals surface area contributed by atoms with Crippen molar-refractivity contribution in [2.24, 2.45) is 0 Å². The predicted octanol–water partition coefficient (Wildman–Crippen LogP) is 2.73. The zero-order chi connectivity index (χ0) is 16.3. The van der Waals surface area contributed by atoms with E-state index in [0.717, 1.165) is 17.1 Å². The molecular weight excluding hydrogens is 325 g/mol. The molecule has 0 radical (unpaired) electrons. The Morgan fingerprint density at radius 3 is 2.64 bits per heavy atom. The largest absolute Gasteiger partial charge is 0.350 e. The van der Waals surface area contributed by atoms with Gasteiger partial charge < -0.3 is 5.32 Å². The molecule has 0 saturated carbocycles. The van der Waals surface area contributed by atoms with Gasteiger partial charge in [-0.1, -0.05) is 23.2 Å². The van der Waals surface area contributed by atoms with Crippen molar-refractivity contribution in [3.8, 4) is 0 Å². The number of aryl methyl sites for hydroxylation is 3. The summed E-state index contributed by atoms with van der Waals surface area (Å²) in [6.45, 7) is 7.28. The average molecular weight is 344 g/mol. The summed E-state index contributed by atoms with van der Waals surface area (Å²) in [4.78, 5) is 12.0. The first kappa shape index (κ1) is 16.8. The molecule has 0 aliphatic rings. The van der Waals surface area contributed by atoms with E-state index in [2.05, 4.69) is 15.5 Å². The third-order valence-electron chi connectivity index (χ3n) is 3.49. The molecule has 0 fully saturated rings. The lowest BCUT2D eigenvalue weighted by Gasteiger charge is -2.08. The number of aromatic nitrogens is 4. The summed E-state index contributed by atoms with van der Waals surface area (Å²) in [5.41, 5.74) is 2.46. The smallest absolute Gasteiger partial charge is 0.222 e. The number of nitrogens with zero attached hydrogens (tertiary/aromatic N) is 4. The second-order valence-corrected chi connectivity index (χ2v) is 5.77. The highest BCUT2D eigenvalue weighted by molar-refractivity contribution is 6.31. The SMILES string of the molecule is CCn1ncc(Cl)c1CNC(=O)CCn1nc(C)c(Cl)c1C. The third kappa shape index (κ3) is 3.62. The van der Waals surface area contributed by atoms with Crippen LogP contribution in [0.2, 0.25) is 10.0 Å². The maximum absolute atomic E-state index is 12.0. The van der Waals surface area contributed by atoms with Gasteiger partial charge in [0.1, 0.15) is 0 Å². The fraction of sp³-hybridized carbons (Fsp3) is 0.500. The van der Waals surface area contributed by atoms with E-state index in [9.17, 15) is 4.79 Å². The number of hydrogen-bond acceptors (Lipinski definition) is 3. The van der Waals surface area contributed by atoms with Crippen molar-refractivity contribution in [3.63, 3.8) is 0 Å². The number of nitrogens with one attached hydrogen (secondary N) is 1. The highest BCUT2D eigenvalue weighted by Crippen LogP contribution is 2.19. The van der Waals surface area contributed by atoms with Crippen molar-refractivity contribution >= 4 is 29.1 Å². The van der Waals surface area contributed by atoms with E-state index >= 15 is 0 Å². The molecule has 0 bridgehead atoms. The molecular formula is C14H19Cl2N5O. The van der Waals surface area contributed by atoms with Crippen molar-refractivity contribution in [3.05, 3.63) is 33.3 Å². The average Bonchev–Trinajstić information content (AvgIpc) is 2.98. The number of rotatable bonds is 6. The molecule has 2 aromatic rings. The number of carbonyl (C=O) groups excluding carboxylic acids is 1. The molecule has 8 heteroatoms. The minimum absolute atomic E-state index is 0.0661. The molecule has 1 amide bonds. The zero-order valence-corrected chi connectivity index (χ0v) is 14.4. The lowest BCUT2D eigenvalue weighted by atomic mass is 10.3. The predicted molar refractivity (Wildman–Crippen MR) is 86.1 cm³/mol. The Morgan fingerprint density at radius 1 is 1.32 bits per heavy atom. The summed E-state index contributed by atoms with van der Waals surface area (Å²) in [5.74, 6) is -0.0661. The van der Waals surface area contributed by atoms with Gasteiger partial charge in [-0.15, -0.1) is 0 Å². The van der Waals surface area contributed by atoms with Gasteiger partial charge >= 0.3 is 0 Å². The first-order chi connectivity index (χ1) is 10.4. The van der Waals surface area contributed by atoms with Crippen LogP contribution in [0.15, 0.2) is 6.20 Å². The normalized spacial score (nSPS) is 11.0. The van der Waals surface area contributed by atoms with Crippen LogP contribution in [0.5, 0.6) is 0 Å². The van der Waals surface area contributed by atoms with E-state index in [1.165, 1.54) is 0 Å². The van der Waals surface area contributed by atoms with Gasteiger partial charge in [0.05, 0.1) is 46.4 Å². The molecule has 120 valence electrons. The van der Waals surface area contributed by atoms with Crippen LogP contribution in [-0.4, -0.2) is 25.5 Å². The third-order valence-corrected chi connectivity index (χ3v) is 4.36. The van der Waals surface area contributed by atoms with Gasteiger partial charge in [-0.05, 0) is 20.8 Å². The van der Waals surface area contributed by atoms with Gasteiger partial charge in [-0.2, -0.15) is 10.2 Å². The molecule has 0 saturated heterocycles. The van der Waals surface area contributed by atoms with Crippen LogP contribution in [0.1, 0.15) is 30.4 Å². The number of halogens is 2. The minimum Gasteiger partial charge on any atom is -0.350 e. The topological polar surface area (TPSA) is 64.7 Å². The molecule has 2 aromatic heterocycles. The van der Waals surface area contributed by atoms with Gasteiger partial charge in [-0.3, -0.25) is 14.2 Å². The molecule has 2 rings (SSSR count). The van der Waals surface area contributed by atoms with Gasteiger partial charge in [-0.25, -0.2) is 0 Å². The first-order valence-electron chi connectivity index (χ1n) is 7.10. The summed E-state index contributed by atoms with van der Waals surface area (Å²) >= 11 is 12.1. The minimum atomic E-state index is -0.0661. The van der Waals surface area contributed by atoms with Crippen LogP contribution in [0.4, 0.5) is 0 Å². The lowest BCUT2D eigenvalue weighted by molar-refractivity contribution is -0.121. The van der Waals surface area contributed by atoms with Crippen LogP contribution in [0.3, 0.4) is 0 Å². The second kappa shape index (κ2) is 7.15. The number of carbonyl (C=O) groups is 1. The second-order valence-electron chi connectivity index (χ2n) is 4.99. The zero-order valence-electron chi connectivity index (χ0n) is 12.9. The fourth-order valence-electron chi connectivity index (χ4n) is 2.21. The molecule has 0 spiro atoms. The summed E-state index contributed by atoms with van der Waals surface area (Å²) in [6.07, 6.45) is 1.92. The van der Waals surface area contributed by atoms with E-state index in [4.69, 9.17) is 23.2 Å². The van der Waals surface area contributed by atoms with Crippen LogP contribution < -0.4 is 5.32 Å². The Balaban J connectivity index is 1.88. The monoisotopic (exact) mass is 343 g/mol. The molecule has 0 atom stereocenters. The number of amides is 1. The van der Waals surface area contributed by atoms with Gasteiger partial charge in [0, 0.05) is 13.0 Å². The van der Waals surface area contributed by atoms with Crippen LogP contribution in [0, 0.1) is 13.8 Å². The molecule has 22 heavy (non-hydrogen) atoms. The Bertz CT molecular complexity index is 677. The quantitative estimate of drug-likeness (QED) is 0.876. The molecule has 2 heterocycles. The number of hydrogen-bond donors (Lipinski definition) is 1. The molecule has 1 N–H and O–H groups in total. The van der Waals surface area contributed by atoms with Crippen molar-refractivity contribution in [1.82, 2.24) is 24.9 Å². The molecule has 6 nitrogen and oxygen atoms in total. The van der Waals surface area contributed by atoms with Crippen molar-refractivity contribution < 1.29 is 4.79 Å².